The first-order chi connectivity index (χ1) is 54.6. The molecule has 0 spiro atoms. The van der Waals surface area contributed by atoms with Gasteiger partial charge in [0.2, 0.25) is 0 Å². The van der Waals surface area contributed by atoms with Crippen molar-refractivity contribution in [2.24, 2.45) is 0 Å². The monoisotopic (exact) mass is 1460 g/mol. The molecule has 0 unspecified atom stereocenters. The summed E-state index contributed by atoms with van der Waals surface area (Å²) < 4.78 is 84.4. The van der Waals surface area contributed by atoms with Crippen LogP contribution in [0.25, 0.3) is 187 Å². The van der Waals surface area contributed by atoms with Crippen molar-refractivity contribution in [2.75, 3.05) is 0 Å². The van der Waals surface area contributed by atoms with Gasteiger partial charge in [-0.25, -0.2) is 52.8 Å². The third-order valence-corrected chi connectivity index (χ3v) is 19.8. The third kappa shape index (κ3) is 13.0. The highest BCUT2D eigenvalue weighted by atomic mass is 19.4. The highest BCUT2D eigenvalue weighted by Crippen LogP contribution is 2.47. The zero-order valence-corrected chi connectivity index (χ0v) is 59.0. The molecule has 4 heterocycles. The second-order valence-corrected chi connectivity index (χ2v) is 26.8. The Morgan fingerprint density at radius 2 is 0.670 bits per heavy atom. The molecule has 528 valence electrons. The number of nitriles is 2. The van der Waals surface area contributed by atoms with Crippen molar-refractivity contribution in [3.05, 3.63) is 360 Å². The molecule has 112 heavy (non-hydrogen) atoms. The minimum absolute atomic E-state index is 0.189. The van der Waals surface area contributed by atoms with E-state index in [1.54, 1.807) is 79.7 Å². The first kappa shape index (κ1) is 69.7. The Hall–Kier alpha value is -15.4. The molecule has 0 aliphatic carbocycles. The Morgan fingerprint density at radius 3 is 1.06 bits per heavy atom. The molecule has 0 bridgehead atoms. The predicted octanol–water partition coefficient (Wildman–Crippen LogP) is 25.9. The number of aromatic nitrogens is 6. The van der Waals surface area contributed by atoms with Crippen LogP contribution in [0.4, 0.5) is 37.7 Å². The quantitative estimate of drug-likeness (QED) is 0.0572. The van der Waals surface area contributed by atoms with Crippen LogP contribution in [-0.4, -0.2) is 29.9 Å². The molecule has 0 radical (unpaired) electrons. The number of hydrogen-bond acceptors (Lipinski definition) is 8. The van der Waals surface area contributed by atoms with E-state index in [0.717, 1.165) is 106 Å². The Bertz CT molecular complexity index is 7030. The Kier molecular flexibility index (Phi) is 17.9. The van der Waals surface area contributed by atoms with E-state index in [2.05, 4.69) is 34.0 Å². The Balaban J connectivity index is 0.000000163. The average Bonchev–Trinajstić information content (AvgIpc) is 0.722. The van der Waals surface area contributed by atoms with Gasteiger partial charge in [0.05, 0.1) is 109 Å². The summed E-state index contributed by atoms with van der Waals surface area (Å²) in [5.41, 5.74) is 19.1. The molecule has 0 N–H and O–H groups in total. The summed E-state index contributed by atoms with van der Waals surface area (Å²) in [6.45, 7) is 16.7. The number of pyridine rings is 2. The van der Waals surface area contributed by atoms with E-state index in [9.17, 15) is 36.9 Å². The molecule has 0 aliphatic rings. The van der Waals surface area contributed by atoms with E-state index in [1.807, 2.05) is 188 Å². The number of para-hydroxylation sites is 2. The minimum atomic E-state index is -4.48. The van der Waals surface area contributed by atoms with E-state index in [0.29, 0.717) is 112 Å². The number of nitrogens with zero attached hydrogens (tertiary/aromatic N) is 10. The van der Waals surface area contributed by atoms with Gasteiger partial charge >= 0.3 is 6.18 Å². The van der Waals surface area contributed by atoms with Gasteiger partial charge in [0.1, 0.15) is 0 Å². The lowest BCUT2D eigenvalue weighted by Gasteiger charge is -2.18. The highest BCUT2D eigenvalue weighted by Gasteiger charge is 2.32. The van der Waals surface area contributed by atoms with Gasteiger partial charge < -0.3 is 0 Å². The van der Waals surface area contributed by atoms with Crippen molar-refractivity contribution in [2.45, 2.75) is 13.1 Å². The number of fused-ring (bicyclic) bond motifs is 10. The lowest BCUT2D eigenvalue weighted by molar-refractivity contribution is -0.137. The van der Waals surface area contributed by atoms with E-state index < -0.39 is 29.2 Å². The van der Waals surface area contributed by atoms with Gasteiger partial charge in [0.25, 0.3) is 0 Å². The normalized spacial score (nSPS) is 11.3. The zero-order valence-electron chi connectivity index (χ0n) is 59.0. The fraction of sp³-hybridized carbons (Fsp3) is 0.0208. The summed E-state index contributed by atoms with van der Waals surface area (Å²) in [7, 11) is 0. The zero-order chi connectivity index (χ0) is 76.9. The Morgan fingerprint density at radius 1 is 0.312 bits per heavy atom. The highest BCUT2D eigenvalue weighted by molar-refractivity contribution is 6.25. The molecule has 0 aliphatic heterocycles. The third-order valence-electron chi connectivity index (χ3n) is 19.8. The van der Waals surface area contributed by atoms with Crippen LogP contribution in [0, 0.1) is 60.2 Å². The van der Waals surface area contributed by atoms with Crippen LogP contribution in [0.1, 0.15) is 22.3 Å². The molecule has 0 saturated heterocycles. The molecule has 14 aromatic carbocycles. The van der Waals surface area contributed by atoms with Crippen molar-refractivity contribution in [3.8, 4) is 124 Å². The summed E-state index contributed by atoms with van der Waals surface area (Å²) in [5.74, 6) is -4.06. The molecule has 0 amide bonds. The molecule has 18 aromatic rings. The standard InChI is InChI=1S/C49H28F3N5.C47H24F3N5/c1-29-23-36(26-37(24-29)49(50,51)52)34-11-8-12-35(25-34)44-41-27-40(31-9-4-3-5-10-31)47-48(43(41)39-13-6-7-14-42(39)55-44)57-46(32-17-15-30(28-53)16-18-32)45(56-47)33-19-21-38(54-2)22-20-33;1-52-34-20-18-30(19-21-34)44-45(29-16-14-27(26-51)15-17-29)55-47-41-35-12-5-6-13-40(35)53-43(37(41)25-36(46(47)54-44)28-8-3-2-4-9-28)32-11-7-10-31(22-32)33-23-38(48)42(50)39(49)24-33/h3-27H,1H3;2-25H. The van der Waals surface area contributed by atoms with Crippen LogP contribution >= 0.6 is 0 Å². The predicted molar refractivity (Wildman–Crippen MR) is 431 cm³/mol. The molecule has 18 rings (SSSR count). The number of hydrogen-bond donors (Lipinski definition) is 0. The van der Waals surface area contributed by atoms with Crippen molar-refractivity contribution in [3.63, 3.8) is 0 Å². The summed E-state index contributed by atoms with van der Waals surface area (Å²) in [6, 6.07) is 93.6. The van der Waals surface area contributed by atoms with Gasteiger partial charge in [-0.3, -0.25) is 0 Å². The first-order valence-corrected chi connectivity index (χ1v) is 35.4. The maximum absolute atomic E-state index is 14.4. The first-order valence-electron chi connectivity index (χ1n) is 35.4. The average molecular weight is 1460 g/mol. The van der Waals surface area contributed by atoms with Crippen LogP contribution in [-0.2, 0) is 6.18 Å². The fourth-order valence-corrected chi connectivity index (χ4v) is 14.5. The smallest absolute Gasteiger partial charge is 0.247 e. The fourth-order valence-electron chi connectivity index (χ4n) is 14.5. The summed E-state index contributed by atoms with van der Waals surface area (Å²) in [5, 5.41) is 24.0. The van der Waals surface area contributed by atoms with Crippen molar-refractivity contribution >= 4 is 76.8 Å². The van der Waals surface area contributed by atoms with E-state index in [1.165, 1.54) is 6.07 Å². The van der Waals surface area contributed by atoms with Gasteiger partial charge in [-0.2, -0.15) is 23.7 Å². The molecular formula is C96H52F6N10. The van der Waals surface area contributed by atoms with Crippen molar-refractivity contribution in [1.82, 2.24) is 29.9 Å². The summed E-state index contributed by atoms with van der Waals surface area (Å²) in [4.78, 5) is 39.3. The lowest BCUT2D eigenvalue weighted by Crippen LogP contribution is -2.05. The number of aryl methyl sites for hydroxylation is 1. The van der Waals surface area contributed by atoms with Crippen LogP contribution in [0.15, 0.2) is 297 Å². The maximum atomic E-state index is 14.4. The van der Waals surface area contributed by atoms with Gasteiger partial charge in [-0.05, 0) is 142 Å². The number of rotatable bonds is 10. The number of benzene rings is 14. The van der Waals surface area contributed by atoms with Crippen LogP contribution in [0.5, 0.6) is 0 Å². The van der Waals surface area contributed by atoms with E-state index >= 15 is 0 Å². The van der Waals surface area contributed by atoms with Gasteiger partial charge in [0.15, 0.2) is 28.8 Å². The van der Waals surface area contributed by atoms with Gasteiger partial charge in [0, 0.05) is 65.7 Å². The van der Waals surface area contributed by atoms with Gasteiger partial charge in [-0.15, -0.1) is 0 Å². The SMILES string of the molecule is [C-]#[N+]c1ccc(-c2nc3c(-c4ccccc4)cc4c(-c5cccc(-c6cc(C)cc(C(F)(F)F)c6)c5)nc5ccccc5c4c3nc2-c2ccc(C#N)cc2)cc1.[C-]#[N+]c1ccc(-c2nc3c(-c4ccccc4)cc4c(-c5cccc(-c6cc(F)c(F)c(F)c6)c5)nc5ccccc5c4c3nc2-c2ccc(C#N)cc2)cc1. The Labute approximate surface area is 637 Å². The minimum Gasteiger partial charge on any atom is -0.247 e. The van der Waals surface area contributed by atoms with Crippen LogP contribution in [0.2, 0.25) is 0 Å². The number of alkyl halides is 3. The van der Waals surface area contributed by atoms with E-state index in [-0.39, 0.29) is 5.56 Å². The van der Waals surface area contributed by atoms with Crippen LogP contribution < -0.4 is 0 Å². The number of halogens is 6. The molecule has 4 aromatic heterocycles. The van der Waals surface area contributed by atoms with Crippen molar-refractivity contribution in [1.29, 1.82) is 10.5 Å². The molecule has 0 saturated carbocycles. The molecular weight excluding hydrogens is 1410 g/mol. The largest absolute Gasteiger partial charge is 0.416 e. The topological polar surface area (TPSA) is 134 Å². The molecule has 0 atom stereocenters. The lowest BCUT2D eigenvalue weighted by atomic mass is 9.92. The van der Waals surface area contributed by atoms with Crippen LogP contribution in [0.3, 0.4) is 0 Å². The second-order valence-electron chi connectivity index (χ2n) is 26.8. The summed E-state index contributed by atoms with van der Waals surface area (Å²) >= 11 is 0. The summed E-state index contributed by atoms with van der Waals surface area (Å²) in [6.07, 6.45) is -4.48. The van der Waals surface area contributed by atoms with Crippen molar-refractivity contribution < 1.29 is 26.3 Å². The molecule has 10 nitrogen and oxygen atoms in total. The second kappa shape index (κ2) is 28.7. The van der Waals surface area contributed by atoms with Gasteiger partial charge in [-0.1, -0.05) is 212 Å². The van der Waals surface area contributed by atoms with E-state index in [4.69, 9.17) is 43.0 Å². The molecule has 0 fully saturated rings. The maximum Gasteiger partial charge on any atom is 0.416 e. The molecule has 16 heteroatoms.